The van der Waals surface area contributed by atoms with Gasteiger partial charge in [-0.15, -0.1) is 0 Å². The van der Waals surface area contributed by atoms with Crippen LogP contribution < -0.4 is 10.9 Å². The first-order chi connectivity index (χ1) is 4.75. The number of rotatable bonds is 2. The van der Waals surface area contributed by atoms with Crippen LogP contribution in [0.3, 0.4) is 0 Å². The van der Waals surface area contributed by atoms with Gasteiger partial charge in [0, 0.05) is 6.54 Å². The predicted molar refractivity (Wildman–Crippen MR) is 37.5 cm³/mol. The van der Waals surface area contributed by atoms with E-state index in [0.29, 0.717) is 12.4 Å². The van der Waals surface area contributed by atoms with Crippen molar-refractivity contribution in [2.75, 3.05) is 11.6 Å². The summed E-state index contributed by atoms with van der Waals surface area (Å²) in [5.74, 6) is 5.88. The molecule has 5 heteroatoms. The highest BCUT2D eigenvalue weighted by Crippen LogP contribution is 2.19. The van der Waals surface area contributed by atoms with Crippen molar-refractivity contribution in [3.63, 3.8) is 0 Å². The van der Waals surface area contributed by atoms with Gasteiger partial charge in [0.2, 0.25) is 5.82 Å². The Balaban J connectivity index is 2.82. The molecule has 1 aromatic heterocycles. The van der Waals surface area contributed by atoms with E-state index in [4.69, 9.17) is 10.9 Å². The number of anilines is 1. The molecule has 0 unspecified atom stereocenters. The number of nitrogens with one attached hydrogen (secondary N) is 1. The van der Waals surface area contributed by atoms with Crippen LogP contribution in [0, 0.1) is 0 Å². The molecule has 0 radical (unpaired) electrons. The third-order valence-corrected chi connectivity index (χ3v) is 1.21. The van der Waals surface area contributed by atoms with Crippen LogP contribution in [-0.4, -0.2) is 21.8 Å². The molecule has 0 bridgehead atoms. The van der Waals surface area contributed by atoms with E-state index in [9.17, 15) is 0 Å². The zero-order chi connectivity index (χ0) is 7.56. The van der Waals surface area contributed by atoms with Crippen molar-refractivity contribution in [2.24, 2.45) is 5.84 Å². The van der Waals surface area contributed by atoms with Crippen molar-refractivity contribution >= 4 is 5.82 Å². The number of hydrazine groups is 1. The summed E-state index contributed by atoms with van der Waals surface area (Å²) in [5, 5.41) is 16.6. The molecule has 0 saturated carbocycles. The van der Waals surface area contributed by atoms with Crippen molar-refractivity contribution in [1.29, 1.82) is 0 Å². The Morgan fingerprint density at radius 1 is 1.90 bits per heavy atom. The fraction of sp³-hybridized carbons (Fsp3) is 0.400. The fourth-order valence-corrected chi connectivity index (χ4v) is 0.638. The minimum atomic E-state index is 0.0735. The summed E-state index contributed by atoms with van der Waals surface area (Å²) in [6.45, 7) is 2.48. The maximum atomic E-state index is 9.04. The van der Waals surface area contributed by atoms with Crippen LogP contribution in [0.2, 0.25) is 0 Å². The maximum absolute atomic E-state index is 9.04. The topological polar surface area (TPSA) is 78.2 Å². The number of nitrogens with two attached hydrogens (primary N) is 1. The Bertz CT molecular complexity index is 209. The van der Waals surface area contributed by atoms with Gasteiger partial charge in [-0.05, 0) is 6.92 Å². The van der Waals surface area contributed by atoms with Gasteiger partial charge in [-0.25, -0.2) is 5.84 Å². The summed E-state index contributed by atoms with van der Waals surface area (Å²) in [5.41, 5.74) is 0. The molecule has 56 valence electrons. The third kappa shape index (κ3) is 1.03. The molecule has 0 aromatic carbocycles. The van der Waals surface area contributed by atoms with Gasteiger partial charge < -0.3 is 5.11 Å². The first-order valence-corrected chi connectivity index (χ1v) is 3.00. The first-order valence-electron chi connectivity index (χ1n) is 3.00. The lowest BCUT2D eigenvalue weighted by Crippen LogP contribution is -2.30. The van der Waals surface area contributed by atoms with Crippen molar-refractivity contribution in [1.82, 2.24) is 10.2 Å². The molecule has 0 amide bonds. The SMILES string of the molecule is CCN(N)c1n[nH]cc1O. The zero-order valence-corrected chi connectivity index (χ0v) is 5.70. The van der Waals surface area contributed by atoms with Crippen LogP contribution in [0.15, 0.2) is 6.20 Å². The van der Waals surface area contributed by atoms with E-state index in [1.807, 2.05) is 6.92 Å². The fourth-order valence-electron chi connectivity index (χ4n) is 0.638. The molecule has 0 atom stereocenters. The Kier molecular flexibility index (Phi) is 1.77. The Morgan fingerprint density at radius 2 is 2.60 bits per heavy atom. The van der Waals surface area contributed by atoms with E-state index in [1.54, 1.807) is 0 Å². The molecule has 4 N–H and O–H groups in total. The minimum absolute atomic E-state index is 0.0735. The summed E-state index contributed by atoms with van der Waals surface area (Å²) >= 11 is 0. The first kappa shape index (κ1) is 6.88. The van der Waals surface area contributed by atoms with Gasteiger partial charge in [0.15, 0.2) is 5.75 Å². The second-order valence-electron chi connectivity index (χ2n) is 1.88. The quantitative estimate of drug-likeness (QED) is 0.395. The van der Waals surface area contributed by atoms with E-state index in [0.717, 1.165) is 0 Å². The minimum Gasteiger partial charge on any atom is -0.503 e. The zero-order valence-electron chi connectivity index (χ0n) is 5.70. The highest BCUT2D eigenvalue weighted by atomic mass is 16.3. The van der Waals surface area contributed by atoms with Crippen LogP contribution in [0.25, 0.3) is 0 Å². The van der Waals surface area contributed by atoms with E-state index >= 15 is 0 Å². The molecule has 1 rings (SSSR count). The van der Waals surface area contributed by atoms with Crippen molar-refractivity contribution in [3.05, 3.63) is 6.20 Å². The van der Waals surface area contributed by atoms with Gasteiger partial charge in [-0.2, -0.15) is 5.10 Å². The Hall–Kier alpha value is -1.23. The van der Waals surface area contributed by atoms with E-state index < -0.39 is 0 Å². The number of aromatic nitrogens is 2. The molecule has 0 saturated heterocycles. The summed E-state index contributed by atoms with van der Waals surface area (Å²) < 4.78 is 0. The summed E-state index contributed by atoms with van der Waals surface area (Å²) in [6, 6.07) is 0. The van der Waals surface area contributed by atoms with Gasteiger partial charge in [-0.1, -0.05) is 0 Å². The number of hydrogen-bond acceptors (Lipinski definition) is 4. The van der Waals surface area contributed by atoms with E-state index in [2.05, 4.69) is 10.2 Å². The highest BCUT2D eigenvalue weighted by molar-refractivity contribution is 5.48. The Labute approximate surface area is 58.4 Å². The van der Waals surface area contributed by atoms with Crippen molar-refractivity contribution < 1.29 is 5.11 Å². The van der Waals surface area contributed by atoms with Crippen LogP contribution >= 0.6 is 0 Å². The van der Waals surface area contributed by atoms with Gasteiger partial charge in [0.05, 0.1) is 6.20 Å². The van der Waals surface area contributed by atoms with Crippen molar-refractivity contribution in [3.8, 4) is 5.75 Å². The van der Waals surface area contributed by atoms with Gasteiger partial charge in [0.25, 0.3) is 0 Å². The average molecular weight is 142 g/mol. The molecule has 0 fully saturated rings. The summed E-state index contributed by atoms with van der Waals surface area (Å²) in [4.78, 5) is 0. The third-order valence-electron chi connectivity index (χ3n) is 1.21. The molecule has 0 spiro atoms. The molecule has 1 aromatic rings. The number of nitrogens with zero attached hydrogens (tertiary/aromatic N) is 2. The predicted octanol–water partition coefficient (Wildman–Crippen LogP) is -0.185. The lowest BCUT2D eigenvalue weighted by molar-refractivity contribution is 0.474. The smallest absolute Gasteiger partial charge is 0.206 e. The number of H-pyrrole nitrogens is 1. The molecule has 5 nitrogen and oxygen atoms in total. The Morgan fingerprint density at radius 3 is 3.00 bits per heavy atom. The molecule has 1 heterocycles. The van der Waals surface area contributed by atoms with E-state index in [1.165, 1.54) is 11.2 Å². The number of aromatic amines is 1. The normalized spacial score (nSPS) is 9.80. The molecule has 10 heavy (non-hydrogen) atoms. The summed E-state index contributed by atoms with van der Waals surface area (Å²) in [6.07, 6.45) is 1.38. The number of aromatic hydroxyl groups is 1. The standard InChI is InChI=1S/C5H10N4O/c1-2-9(6)5-4(10)3-7-8-5/h3,10H,2,6H2,1H3,(H,7,8). The molecule has 0 aliphatic rings. The molecule has 0 aliphatic carbocycles. The van der Waals surface area contributed by atoms with Crippen LogP contribution in [-0.2, 0) is 0 Å². The van der Waals surface area contributed by atoms with E-state index in [-0.39, 0.29) is 5.75 Å². The monoisotopic (exact) mass is 142 g/mol. The van der Waals surface area contributed by atoms with Gasteiger partial charge in [-0.3, -0.25) is 10.1 Å². The number of hydrogen-bond donors (Lipinski definition) is 3. The van der Waals surface area contributed by atoms with Crippen LogP contribution in [0.5, 0.6) is 5.75 Å². The van der Waals surface area contributed by atoms with Crippen LogP contribution in [0.4, 0.5) is 5.82 Å². The second-order valence-corrected chi connectivity index (χ2v) is 1.88. The average Bonchev–Trinajstić information content (AvgIpc) is 2.34. The summed E-state index contributed by atoms with van der Waals surface area (Å²) in [7, 11) is 0. The highest BCUT2D eigenvalue weighted by Gasteiger charge is 2.06. The van der Waals surface area contributed by atoms with Gasteiger partial charge >= 0.3 is 0 Å². The second kappa shape index (κ2) is 2.57. The van der Waals surface area contributed by atoms with Gasteiger partial charge in [0.1, 0.15) is 0 Å². The van der Waals surface area contributed by atoms with Crippen molar-refractivity contribution in [2.45, 2.75) is 6.92 Å². The maximum Gasteiger partial charge on any atom is 0.206 e. The molecular formula is C5H10N4O. The molecular weight excluding hydrogens is 132 g/mol. The molecule has 0 aliphatic heterocycles. The lowest BCUT2D eigenvalue weighted by Gasteiger charge is -2.11. The van der Waals surface area contributed by atoms with Crippen LogP contribution in [0.1, 0.15) is 6.92 Å². The lowest BCUT2D eigenvalue weighted by atomic mass is 10.5. The largest absolute Gasteiger partial charge is 0.503 e.